The number of aromatic nitrogens is 2. The Labute approximate surface area is 109 Å². The standard InChI is InChI=1S/C13H21N5/c1-10-17-11(15-7-5-13(2,3)4)9-12(18-10)16-8-6-14/h9H,5,7-8H2,1-4H3,(H2,15,16,17,18). The molecule has 1 aromatic heterocycles. The summed E-state index contributed by atoms with van der Waals surface area (Å²) in [4.78, 5) is 8.53. The van der Waals surface area contributed by atoms with Gasteiger partial charge in [0, 0.05) is 12.6 Å². The van der Waals surface area contributed by atoms with Crippen molar-refractivity contribution < 1.29 is 0 Å². The first-order chi connectivity index (χ1) is 8.40. The van der Waals surface area contributed by atoms with Crippen LogP contribution in [0.1, 0.15) is 33.0 Å². The van der Waals surface area contributed by atoms with Crippen molar-refractivity contribution >= 4 is 11.6 Å². The van der Waals surface area contributed by atoms with Crippen molar-refractivity contribution in [1.82, 2.24) is 9.97 Å². The van der Waals surface area contributed by atoms with Gasteiger partial charge in [-0.2, -0.15) is 5.26 Å². The minimum atomic E-state index is 0.248. The first-order valence-corrected chi connectivity index (χ1v) is 6.11. The second-order valence-electron chi connectivity index (χ2n) is 5.43. The lowest BCUT2D eigenvalue weighted by molar-refractivity contribution is 0.389. The molecule has 0 atom stereocenters. The SMILES string of the molecule is Cc1nc(NCC#N)cc(NCCC(C)(C)C)n1. The number of rotatable bonds is 5. The predicted octanol–water partition coefficient (Wildman–Crippen LogP) is 2.57. The molecule has 0 bridgehead atoms. The number of aryl methyl sites for hydroxylation is 1. The summed E-state index contributed by atoms with van der Waals surface area (Å²) in [6.45, 7) is 9.58. The molecule has 0 aliphatic carbocycles. The molecule has 18 heavy (non-hydrogen) atoms. The fourth-order valence-corrected chi connectivity index (χ4v) is 1.44. The van der Waals surface area contributed by atoms with Crippen LogP contribution in [0.4, 0.5) is 11.6 Å². The van der Waals surface area contributed by atoms with E-state index >= 15 is 0 Å². The van der Waals surface area contributed by atoms with Gasteiger partial charge in [0.1, 0.15) is 24.0 Å². The van der Waals surface area contributed by atoms with Crippen molar-refractivity contribution in [1.29, 1.82) is 5.26 Å². The molecule has 0 saturated heterocycles. The van der Waals surface area contributed by atoms with Crippen LogP contribution in [-0.4, -0.2) is 23.1 Å². The van der Waals surface area contributed by atoms with Crippen molar-refractivity contribution in [2.75, 3.05) is 23.7 Å². The third kappa shape index (κ3) is 5.48. The van der Waals surface area contributed by atoms with Crippen LogP contribution in [0.3, 0.4) is 0 Å². The van der Waals surface area contributed by atoms with E-state index in [0.717, 1.165) is 18.8 Å². The van der Waals surface area contributed by atoms with Gasteiger partial charge in [-0.3, -0.25) is 0 Å². The van der Waals surface area contributed by atoms with Gasteiger partial charge >= 0.3 is 0 Å². The van der Waals surface area contributed by atoms with Gasteiger partial charge < -0.3 is 10.6 Å². The van der Waals surface area contributed by atoms with Crippen molar-refractivity contribution in [3.63, 3.8) is 0 Å². The van der Waals surface area contributed by atoms with E-state index in [1.54, 1.807) is 0 Å². The van der Waals surface area contributed by atoms with Crippen molar-refractivity contribution in [2.24, 2.45) is 5.41 Å². The topological polar surface area (TPSA) is 73.6 Å². The third-order valence-electron chi connectivity index (χ3n) is 2.37. The number of nitrogens with zero attached hydrogens (tertiary/aromatic N) is 3. The van der Waals surface area contributed by atoms with Gasteiger partial charge in [-0.05, 0) is 18.8 Å². The monoisotopic (exact) mass is 247 g/mol. The van der Waals surface area contributed by atoms with Gasteiger partial charge in [0.25, 0.3) is 0 Å². The summed E-state index contributed by atoms with van der Waals surface area (Å²) >= 11 is 0. The second kappa shape index (κ2) is 6.20. The summed E-state index contributed by atoms with van der Waals surface area (Å²) in [6, 6.07) is 3.85. The molecule has 0 unspecified atom stereocenters. The molecule has 1 rings (SSSR count). The molecule has 5 heteroatoms. The van der Waals surface area contributed by atoms with Crippen LogP contribution in [0, 0.1) is 23.7 Å². The predicted molar refractivity (Wildman–Crippen MR) is 73.4 cm³/mol. The van der Waals surface area contributed by atoms with Crippen LogP contribution in [0.2, 0.25) is 0 Å². The average Bonchev–Trinajstić information content (AvgIpc) is 2.24. The van der Waals surface area contributed by atoms with Gasteiger partial charge in [0.2, 0.25) is 0 Å². The number of hydrogen-bond acceptors (Lipinski definition) is 5. The van der Waals surface area contributed by atoms with E-state index in [-0.39, 0.29) is 6.54 Å². The molecule has 0 saturated carbocycles. The van der Waals surface area contributed by atoms with E-state index in [0.29, 0.717) is 17.1 Å². The molecule has 0 radical (unpaired) electrons. The molecular weight excluding hydrogens is 226 g/mol. The number of nitrogens with one attached hydrogen (secondary N) is 2. The molecule has 2 N–H and O–H groups in total. The van der Waals surface area contributed by atoms with Crippen LogP contribution >= 0.6 is 0 Å². The van der Waals surface area contributed by atoms with Crippen LogP contribution in [-0.2, 0) is 0 Å². The highest BCUT2D eigenvalue weighted by Crippen LogP contribution is 2.18. The van der Waals surface area contributed by atoms with E-state index in [1.165, 1.54) is 0 Å². The van der Waals surface area contributed by atoms with E-state index in [4.69, 9.17) is 5.26 Å². The first-order valence-electron chi connectivity index (χ1n) is 6.11. The molecule has 5 nitrogen and oxygen atoms in total. The zero-order chi connectivity index (χ0) is 13.6. The maximum atomic E-state index is 8.53. The lowest BCUT2D eigenvalue weighted by Gasteiger charge is -2.18. The van der Waals surface area contributed by atoms with Crippen LogP contribution in [0.15, 0.2) is 6.07 Å². The molecule has 1 heterocycles. The van der Waals surface area contributed by atoms with Crippen molar-refractivity contribution in [2.45, 2.75) is 34.1 Å². The molecule has 0 amide bonds. The number of anilines is 2. The van der Waals surface area contributed by atoms with Crippen LogP contribution in [0.5, 0.6) is 0 Å². The van der Waals surface area contributed by atoms with Crippen LogP contribution < -0.4 is 10.6 Å². The lowest BCUT2D eigenvalue weighted by Crippen LogP contribution is -2.14. The van der Waals surface area contributed by atoms with E-state index < -0.39 is 0 Å². The highest BCUT2D eigenvalue weighted by atomic mass is 15.1. The van der Waals surface area contributed by atoms with Gasteiger partial charge in [-0.25, -0.2) is 9.97 Å². The zero-order valence-corrected chi connectivity index (χ0v) is 11.5. The summed E-state index contributed by atoms with van der Waals surface area (Å²) in [7, 11) is 0. The Morgan fingerprint density at radius 3 is 2.39 bits per heavy atom. The van der Waals surface area contributed by atoms with E-state index in [2.05, 4.69) is 41.4 Å². The minimum Gasteiger partial charge on any atom is -0.370 e. The van der Waals surface area contributed by atoms with Crippen molar-refractivity contribution in [3.8, 4) is 6.07 Å². The molecule has 0 spiro atoms. The van der Waals surface area contributed by atoms with Gasteiger partial charge in [0.05, 0.1) is 6.07 Å². The quantitative estimate of drug-likeness (QED) is 0.782. The van der Waals surface area contributed by atoms with Gasteiger partial charge in [0.15, 0.2) is 0 Å². The third-order valence-corrected chi connectivity index (χ3v) is 2.37. The molecule has 0 fully saturated rings. The van der Waals surface area contributed by atoms with Gasteiger partial charge in [-0.1, -0.05) is 20.8 Å². The fraction of sp³-hybridized carbons (Fsp3) is 0.615. The summed E-state index contributed by atoms with van der Waals surface area (Å²) in [5.74, 6) is 2.17. The highest BCUT2D eigenvalue weighted by molar-refractivity contribution is 5.47. The molecule has 0 aliphatic heterocycles. The first kappa shape index (κ1) is 14.2. The molecular formula is C13H21N5. The van der Waals surface area contributed by atoms with Crippen LogP contribution in [0.25, 0.3) is 0 Å². The summed E-state index contributed by atoms with van der Waals surface area (Å²) < 4.78 is 0. The Balaban J connectivity index is 2.60. The maximum Gasteiger partial charge on any atom is 0.132 e. The second-order valence-corrected chi connectivity index (χ2v) is 5.43. The Bertz CT molecular complexity index is 428. The number of hydrogen-bond donors (Lipinski definition) is 2. The van der Waals surface area contributed by atoms with Gasteiger partial charge in [-0.15, -0.1) is 0 Å². The van der Waals surface area contributed by atoms with E-state index in [9.17, 15) is 0 Å². The summed E-state index contributed by atoms with van der Waals surface area (Å²) in [5, 5.41) is 14.7. The summed E-state index contributed by atoms with van der Waals surface area (Å²) in [5.41, 5.74) is 0.303. The normalized spacial score (nSPS) is 10.8. The minimum absolute atomic E-state index is 0.248. The Morgan fingerprint density at radius 2 is 1.83 bits per heavy atom. The largest absolute Gasteiger partial charge is 0.370 e. The molecule has 1 aromatic rings. The Hall–Kier alpha value is -1.83. The fourth-order valence-electron chi connectivity index (χ4n) is 1.44. The van der Waals surface area contributed by atoms with Crippen molar-refractivity contribution in [3.05, 3.63) is 11.9 Å². The maximum absolute atomic E-state index is 8.53. The smallest absolute Gasteiger partial charge is 0.132 e. The highest BCUT2D eigenvalue weighted by Gasteiger charge is 2.09. The summed E-state index contributed by atoms with van der Waals surface area (Å²) in [6.07, 6.45) is 1.07. The Morgan fingerprint density at radius 1 is 1.22 bits per heavy atom. The average molecular weight is 247 g/mol. The lowest BCUT2D eigenvalue weighted by atomic mass is 9.92. The van der Waals surface area contributed by atoms with E-state index in [1.807, 2.05) is 19.1 Å². The molecule has 98 valence electrons. The number of nitriles is 1. The zero-order valence-electron chi connectivity index (χ0n) is 11.5. The Kier molecular flexibility index (Phi) is 4.90. The molecule has 0 aromatic carbocycles. The molecule has 0 aliphatic rings.